The Morgan fingerprint density at radius 1 is 0.404 bits per heavy atom. The van der Waals surface area contributed by atoms with Gasteiger partial charge in [0, 0.05) is 0 Å². The van der Waals surface area contributed by atoms with Crippen molar-refractivity contribution in [1.82, 2.24) is 0 Å². The molecular weight excluding hydrogens is 624 g/mol. The van der Waals surface area contributed by atoms with E-state index in [1.807, 2.05) is 0 Å². The molecule has 0 heterocycles. The van der Waals surface area contributed by atoms with E-state index < -0.39 is 96.6 Å². The van der Waals surface area contributed by atoms with Crippen LogP contribution in [0.3, 0.4) is 0 Å². The highest BCUT2D eigenvalue weighted by atomic mass is 16.6. The van der Waals surface area contributed by atoms with Crippen molar-refractivity contribution in [1.29, 1.82) is 0 Å². The van der Waals surface area contributed by atoms with Crippen molar-refractivity contribution in [3.8, 4) is 0 Å². The standard InChI is InChI=1S/C32H56O15/c1-8-29(4,24(39)44-15-10-34)20-31(6,26(41)46-17-12-36)22-32(7,27(42)47-18-13-37)21-30(5,25(40)45-16-11-35)19-28(2,3)23(38)43-14-9-33/h33-37H,8-22H2,1-7H3. The van der Waals surface area contributed by atoms with Crippen molar-refractivity contribution >= 4 is 29.8 Å². The van der Waals surface area contributed by atoms with E-state index in [1.165, 1.54) is 34.6 Å². The minimum Gasteiger partial charge on any atom is -0.463 e. The monoisotopic (exact) mass is 680 g/mol. The number of carbonyl (C=O) groups is 5. The van der Waals surface area contributed by atoms with Gasteiger partial charge < -0.3 is 49.2 Å². The van der Waals surface area contributed by atoms with Crippen molar-refractivity contribution in [3.63, 3.8) is 0 Å². The first-order valence-corrected chi connectivity index (χ1v) is 15.7. The van der Waals surface area contributed by atoms with Crippen LogP contribution in [-0.4, -0.2) is 121 Å². The zero-order chi connectivity index (χ0) is 36.5. The van der Waals surface area contributed by atoms with Crippen LogP contribution in [0.1, 0.15) is 80.6 Å². The van der Waals surface area contributed by atoms with Gasteiger partial charge in [-0.25, -0.2) is 0 Å². The highest BCUT2D eigenvalue weighted by Crippen LogP contribution is 2.52. The van der Waals surface area contributed by atoms with Gasteiger partial charge in [0.1, 0.15) is 33.0 Å². The number of hydrogen-bond acceptors (Lipinski definition) is 15. The molecule has 0 fully saturated rings. The molecule has 5 N–H and O–H groups in total. The summed E-state index contributed by atoms with van der Waals surface area (Å²) in [5.74, 6) is -4.09. The second-order valence-electron chi connectivity index (χ2n) is 13.5. The molecule has 4 unspecified atom stereocenters. The van der Waals surface area contributed by atoms with Crippen molar-refractivity contribution in [2.45, 2.75) is 80.6 Å². The molecule has 15 heteroatoms. The van der Waals surface area contributed by atoms with Crippen LogP contribution in [0.4, 0.5) is 0 Å². The van der Waals surface area contributed by atoms with E-state index in [0.29, 0.717) is 0 Å². The summed E-state index contributed by atoms with van der Waals surface area (Å²) < 4.78 is 26.3. The normalized spacial score (nSPS) is 16.8. The highest BCUT2D eigenvalue weighted by Gasteiger charge is 2.55. The summed E-state index contributed by atoms with van der Waals surface area (Å²) in [5, 5.41) is 46.4. The van der Waals surface area contributed by atoms with E-state index in [2.05, 4.69) is 0 Å². The average Bonchev–Trinajstić information content (AvgIpc) is 3.01. The van der Waals surface area contributed by atoms with Gasteiger partial charge >= 0.3 is 29.8 Å². The minimum atomic E-state index is -1.75. The molecule has 0 aliphatic rings. The Labute approximate surface area is 276 Å². The number of carbonyl (C=O) groups excluding carboxylic acids is 5. The first kappa shape index (κ1) is 44.1. The van der Waals surface area contributed by atoms with E-state index in [4.69, 9.17) is 28.8 Å². The predicted octanol–water partition coefficient (Wildman–Crippen LogP) is 0.686. The number of aliphatic hydroxyl groups is 5. The van der Waals surface area contributed by atoms with Crippen molar-refractivity contribution in [2.75, 3.05) is 66.1 Å². The average molecular weight is 681 g/mol. The summed E-state index contributed by atoms with van der Waals surface area (Å²) in [4.78, 5) is 67.3. The van der Waals surface area contributed by atoms with Crippen LogP contribution in [0.5, 0.6) is 0 Å². The number of aliphatic hydroxyl groups excluding tert-OH is 5. The van der Waals surface area contributed by atoms with Crippen molar-refractivity contribution < 1.29 is 73.2 Å². The lowest BCUT2D eigenvalue weighted by Gasteiger charge is -2.44. The number of esters is 5. The largest absolute Gasteiger partial charge is 0.463 e. The molecule has 0 bridgehead atoms. The van der Waals surface area contributed by atoms with E-state index in [-0.39, 0.29) is 58.5 Å². The molecule has 0 amide bonds. The fraction of sp³-hybridized carbons (Fsp3) is 0.844. The number of rotatable bonds is 24. The van der Waals surface area contributed by atoms with Crippen LogP contribution < -0.4 is 0 Å². The van der Waals surface area contributed by atoms with Gasteiger partial charge in [-0.3, -0.25) is 24.0 Å². The maximum absolute atomic E-state index is 13.8. The topological polar surface area (TPSA) is 233 Å². The van der Waals surface area contributed by atoms with Crippen LogP contribution in [-0.2, 0) is 47.7 Å². The zero-order valence-corrected chi connectivity index (χ0v) is 28.9. The van der Waals surface area contributed by atoms with Crippen LogP contribution in [0, 0.1) is 27.1 Å². The first-order chi connectivity index (χ1) is 21.8. The third-order valence-electron chi connectivity index (χ3n) is 8.10. The molecule has 0 aromatic rings. The molecule has 0 saturated heterocycles. The van der Waals surface area contributed by atoms with Gasteiger partial charge in [0.2, 0.25) is 0 Å². The Hall–Kier alpha value is -2.85. The van der Waals surface area contributed by atoms with E-state index in [9.17, 15) is 44.4 Å². The summed E-state index contributed by atoms with van der Waals surface area (Å²) in [6.07, 6.45) is -1.05. The van der Waals surface area contributed by atoms with Gasteiger partial charge in [0.05, 0.1) is 60.1 Å². The molecule has 0 spiro atoms. The van der Waals surface area contributed by atoms with Crippen LogP contribution in [0.2, 0.25) is 0 Å². The van der Waals surface area contributed by atoms with Gasteiger partial charge in [-0.2, -0.15) is 0 Å². The van der Waals surface area contributed by atoms with Crippen LogP contribution >= 0.6 is 0 Å². The Morgan fingerprint density at radius 3 is 0.915 bits per heavy atom. The number of ether oxygens (including phenoxy) is 5. The molecule has 274 valence electrons. The molecule has 47 heavy (non-hydrogen) atoms. The van der Waals surface area contributed by atoms with Crippen LogP contribution in [0.25, 0.3) is 0 Å². The minimum absolute atomic E-state index is 0.182. The second-order valence-corrected chi connectivity index (χ2v) is 13.5. The summed E-state index contributed by atoms with van der Waals surface area (Å²) in [6, 6.07) is 0. The van der Waals surface area contributed by atoms with E-state index >= 15 is 0 Å². The molecule has 0 saturated carbocycles. The molecule has 0 rings (SSSR count). The molecule has 0 aromatic carbocycles. The number of hydrogen-bond donors (Lipinski definition) is 5. The molecule has 0 aliphatic carbocycles. The Morgan fingerprint density at radius 2 is 0.638 bits per heavy atom. The molecule has 4 atom stereocenters. The predicted molar refractivity (Wildman–Crippen MR) is 165 cm³/mol. The Balaban J connectivity index is 7.23. The summed E-state index contributed by atoms with van der Waals surface area (Å²) in [6.45, 7) is 6.49. The van der Waals surface area contributed by atoms with E-state index in [0.717, 1.165) is 0 Å². The Bertz CT molecular complexity index is 1030. The summed E-state index contributed by atoms with van der Waals surface area (Å²) >= 11 is 0. The summed E-state index contributed by atoms with van der Waals surface area (Å²) in [5.41, 5.74) is -7.74. The molecule has 0 radical (unpaired) electrons. The summed E-state index contributed by atoms with van der Waals surface area (Å²) in [7, 11) is 0. The fourth-order valence-corrected chi connectivity index (χ4v) is 6.18. The van der Waals surface area contributed by atoms with Gasteiger partial charge in [0.25, 0.3) is 0 Å². The van der Waals surface area contributed by atoms with Gasteiger partial charge in [-0.1, -0.05) is 6.92 Å². The van der Waals surface area contributed by atoms with Gasteiger partial charge in [-0.05, 0) is 73.6 Å². The first-order valence-electron chi connectivity index (χ1n) is 15.7. The molecule has 15 nitrogen and oxygen atoms in total. The highest BCUT2D eigenvalue weighted by molar-refractivity contribution is 5.85. The molecule has 0 aromatic heterocycles. The molecule has 0 aliphatic heterocycles. The SMILES string of the molecule is CCC(C)(CC(C)(CC(C)(CC(C)(CC(C)(C)C(=O)OCCO)C(=O)OCCO)C(=O)OCCO)C(=O)OCCO)C(=O)OCCO. The molecular formula is C32H56O15. The lowest BCUT2D eigenvalue weighted by atomic mass is 9.59. The van der Waals surface area contributed by atoms with Crippen LogP contribution in [0.15, 0.2) is 0 Å². The second kappa shape index (κ2) is 19.8. The van der Waals surface area contributed by atoms with Crippen molar-refractivity contribution in [2.24, 2.45) is 27.1 Å². The third kappa shape index (κ3) is 13.3. The van der Waals surface area contributed by atoms with Gasteiger partial charge in [-0.15, -0.1) is 0 Å². The third-order valence-corrected chi connectivity index (χ3v) is 8.10. The smallest absolute Gasteiger partial charge is 0.311 e. The quantitative estimate of drug-likeness (QED) is 0.0697. The Kier molecular flexibility index (Phi) is 18.6. The van der Waals surface area contributed by atoms with Crippen molar-refractivity contribution in [3.05, 3.63) is 0 Å². The van der Waals surface area contributed by atoms with E-state index in [1.54, 1.807) is 13.8 Å². The van der Waals surface area contributed by atoms with Gasteiger partial charge in [0.15, 0.2) is 0 Å². The lowest BCUT2D eigenvalue weighted by Crippen LogP contribution is -2.49. The zero-order valence-electron chi connectivity index (χ0n) is 28.9. The lowest BCUT2D eigenvalue weighted by molar-refractivity contribution is -0.175. The maximum atomic E-state index is 13.8. The fourth-order valence-electron chi connectivity index (χ4n) is 6.18. The maximum Gasteiger partial charge on any atom is 0.311 e.